The van der Waals surface area contributed by atoms with Crippen LogP contribution in [-0.2, 0) is 0 Å². The lowest BCUT2D eigenvalue weighted by Gasteiger charge is -2.31. The SMILES string of the molecule is FC(F)CN/N=C1/CC2C=CCC12. The molecule has 4 heteroatoms. The molecular formula is C9H12F2N2. The molecule has 2 aliphatic carbocycles. The van der Waals surface area contributed by atoms with Gasteiger partial charge in [0, 0.05) is 11.6 Å². The zero-order chi connectivity index (χ0) is 9.26. The Morgan fingerprint density at radius 1 is 1.62 bits per heavy atom. The molecule has 72 valence electrons. The van der Waals surface area contributed by atoms with E-state index in [1.807, 2.05) is 0 Å². The van der Waals surface area contributed by atoms with Crippen molar-refractivity contribution in [2.75, 3.05) is 6.54 Å². The summed E-state index contributed by atoms with van der Waals surface area (Å²) in [5.74, 6) is 1.14. The smallest absolute Gasteiger partial charge is 0.257 e. The molecule has 0 spiro atoms. The van der Waals surface area contributed by atoms with Crippen LogP contribution in [0.25, 0.3) is 0 Å². The molecule has 0 saturated heterocycles. The van der Waals surface area contributed by atoms with Crippen molar-refractivity contribution < 1.29 is 8.78 Å². The highest BCUT2D eigenvalue weighted by Gasteiger charge is 2.37. The molecule has 0 heterocycles. The van der Waals surface area contributed by atoms with E-state index in [-0.39, 0.29) is 6.54 Å². The second-order valence-corrected chi connectivity index (χ2v) is 3.49. The van der Waals surface area contributed by atoms with E-state index in [1.54, 1.807) is 0 Å². The molecule has 2 unspecified atom stereocenters. The van der Waals surface area contributed by atoms with Crippen molar-refractivity contribution in [1.82, 2.24) is 5.43 Å². The summed E-state index contributed by atoms with van der Waals surface area (Å²) in [6, 6.07) is 0. The highest BCUT2D eigenvalue weighted by molar-refractivity contribution is 5.93. The third-order valence-corrected chi connectivity index (χ3v) is 2.63. The molecule has 0 aliphatic heterocycles. The van der Waals surface area contributed by atoms with Crippen LogP contribution in [0.1, 0.15) is 12.8 Å². The minimum absolute atomic E-state index is 0.339. The Hall–Kier alpha value is -0.930. The van der Waals surface area contributed by atoms with Gasteiger partial charge in [0.25, 0.3) is 6.43 Å². The van der Waals surface area contributed by atoms with Gasteiger partial charge in [0.2, 0.25) is 0 Å². The van der Waals surface area contributed by atoms with Gasteiger partial charge >= 0.3 is 0 Å². The largest absolute Gasteiger partial charge is 0.304 e. The minimum atomic E-state index is -2.32. The predicted molar refractivity (Wildman–Crippen MR) is 46.8 cm³/mol. The Labute approximate surface area is 75.7 Å². The van der Waals surface area contributed by atoms with Crippen LogP contribution in [0.4, 0.5) is 8.78 Å². The molecule has 1 saturated carbocycles. The maximum atomic E-state index is 11.7. The first-order valence-electron chi connectivity index (χ1n) is 4.51. The van der Waals surface area contributed by atoms with Crippen molar-refractivity contribution in [2.45, 2.75) is 19.3 Å². The molecule has 0 aromatic carbocycles. The van der Waals surface area contributed by atoms with Gasteiger partial charge in [-0.15, -0.1) is 0 Å². The molecule has 2 aliphatic rings. The zero-order valence-electron chi connectivity index (χ0n) is 7.21. The summed E-state index contributed by atoms with van der Waals surface area (Å²) in [7, 11) is 0. The molecule has 1 fully saturated rings. The lowest BCUT2D eigenvalue weighted by Crippen LogP contribution is -2.35. The standard InChI is InChI=1S/C9H12F2N2/c10-9(11)5-12-13-8-4-6-2-1-3-7(6)8/h1-2,6-7,9,12H,3-5H2/b13-8-. The van der Waals surface area contributed by atoms with E-state index in [0.717, 1.165) is 18.6 Å². The van der Waals surface area contributed by atoms with Crippen LogP contribution < -0.4 is 5.43 Å². The highest BCUT2D eigenvalue weighted by Crippen LogP contribution is 2.39. The number of nitrogens with one attached hydrogen (secondary N) is 1. The average Bonchev–Trinajstić information content (AvgIpc) is 2.40. The zero-order valence-corrected chi connectivity index (χ0v) is 7.21. The predicted octanol–water partition coefficient (Wildman–Crippen LogP) is 1.79. The summed E-state index contributed by atoms with van der Waals surface area (Å²) < 4.78 is 23.5. The van der Waals surface area contributed by atoms with Crippen LogP contribution in [-0.4, -0.2) is 18.7 Å². The van der Waals surface area contributed by atoms with Crippen molar-refractivity contribution >= 4 is 5.71 Å². The van der Waals surface area contributed by atoms with Gasteiger partial charge in [0.05, 0.1) is 6.54 Å². The molecule has 1 N–H and O–H groups in total. The molecule has 0 aromatic rings. The van der Waals surface area contributed by atoms with Gasteiger partial charge < -0.3 is 5.43 Å². The van der Waals surface area contributed by atoms with E-state index in [0.29, 0.717) is 11.8 Å². The van der Waals surface area contributed by atoms with Gasteiger partial charge in [-0.05, 0) is 18.8 Å². The fourth-order valence-electron chi connectivity index (χ4n) is 1.88. The number of halogens is 2. The van der Waals surface area contributed by atoms with Crippen molar-refractivity contribution in [3.8, 4) is 0 Å². The quantitative estimate of drug-likeness (QED) is 0.527. The first-order valence-corrected chi connectivity index (χ1v) is 4.51. The number of nitrogens with zero attached hydrogens (tertiary/aromatic N) is 1. The van der Waals surface area contributed by atoms with Crippen molar-refractivity contribution in [3.63, 3.8) is 0 Å². The van der Waals surface area contributed by atoms with E-state index in [4.69, 9.17) is 0 Å². The molecule has 2 nitrogen and oxygen atoms in total. The second kappa shape index (κ2) is 3.44. The van der Waals surface area contributed by atoms with E-state index >= 15 is 0 Å². The fraction of sp³-hybridized carbons (Fsp3) is 0.667. The first kappa shape index (κ1) is 8.66. The minimum Gasteiger partial charge on any atom is -0.304 e. The Morgan fingerprint density at radius 2 is 2.46 bits per heavy atom. The second-order valence-electron chi connectivity index (χ2n) is 3.49. The van der Waals surface area contributed by atoms with Crippen molar-refractivity contribution in [2.24, 2.45) is 16.9 Å². The van der Waals surface area contributed by atoms with Crippen LogP contribution in [0.5, 0.6) is 0 Å². The summed E-state index contributed by atoms with van der Waals surface area (Å²) >= 11 is 0. The molecule has 0 bridgehead atoms. The Morgan fingerprint density at radius 3 is 3.15 bits per heavy atom. The average molecular weight is 186 g/mol. The number of rotatable bonds is 3. The summed E-state index contributed by atoms with van der Waals surface area (Å²) in [5.41, 5.74) is 3.46. The molecule has 2 atom stereocenters. The molecule has 0 radical (unpaired) electrons. The number of alkyl halides is 2. The van der Waals surface area contributed by atoms with E-state index in [2.05, 4.69) is 22.7 Å². The van der Waals surface area contributed by atoms with Crippen LogP contribution in [0.3, 0.4) is 0 Å². The van der Waals surface area contributed by atoms with Gasteiger partial charge in [-0.25, -0.2) is 8.78 Å². The lowest BCUT2D eigenvalue weighted by molar-refractivity contribution is 0.146. The van der Waals surface area contributed by atoms with Crippen molar-refractivity contribution in [3.05, 3.63) is 12.2 Å². The normalized spacial score (nSPS) is 33.6. The number of hydrogen-bond acceptors (Lipinski definition) is 2. The molecular weight excluding hydrogens is 174 g/mol. The van der Waals surface area contributed by atoms with Crippen LogP contribution in [0, 0.1) is 11.8 Å². The summed E-state index contributed by atoms with van der Waals surface area (Å²) in [5, 5.41) is 3.96. The molecule has 13 heavy (non-hydrogen) atoms. The molecule has 2 rings (SSSR count). The lowest BCUT2D eigenvalue weighted by atomic mass is 9.74. The van der Waals surface area contributed by atoms with Gasteiger partial charge in [0.15, 0.2) is 0 Å². The Balaban J connectivity index is 1.77. The summed E-state index contributed by atoms with van der Waals surface area (Å²) in [6.07, 6.45) is 3.99. The molecule has 0 amide bonds. The maximum Gasteiger partial charge on any atom is 0.257 e. The fourth-order valence-corrected chi connectivity index (χ4v) is 1.88. The maximum absolute atomic E-state index is 11.7. The van der Waals surface area contributed by atoms with Gasteiger partial charge in [-0.1, -0.05) is 12.2 Å². The van der Waals surface area contributed by atoms with E-state index < -0.39 is 6.43 Å². The van der Waals surface area contributed by atoms with E-state index in [1.165, 1.54) is 0 Å². The first-order chi connectivity index (χ1) is 6.27. The third kappa shape index (κ3) is 1.71. The van der Waals surface area contributed by atoms with Crippen LogP contribution >= 0.6 is 0 Å². The number of hydrazone groups is 1. The third-order valence-electron chi connectivity index (χ3n) is 2.63. The van der Waals surface area contributed by atoms with Crippen molar-refractivity contribution in [1.29, 1.82) is 0 Å². The summed E-state index contributed by atoms with van der Waals surface area (Å²) in [6.45, 7) is -0.339. The summed E-state index contributed by atoms with van der Waals surface area (Å²) in [4.78, 5) is 0. The number of hydrogen-bond donors (Lipinski definition) is 1. The number of allylic oxidation sites excluding steroid dienone is 2. The Bertz CT molecular complexity index is 248. The number of fused-ring (bicyclic) bond motifs is 1. The van der Waals surface area contributed by atoms with Gasteiger partial charge in [-0.2, -0.15) is 5.10 Å². The van der Waals surface area contributed by atoms with E-state index in [9.17, 15) is 8.78 Å². The molecule has 0 aromatic heterocycles. The van der Waals surface area contributed by atoms with Gasteiger partial charge in [-0.3, -0.25) is 0 Å². The Kier molecular flexibility index (Phi) is 2.29. The van der Waals surface area contributed by atoms with Crippen LogP contribution in [0.2, 0.25) is 0 Å². The van der Waals surface area contributed by atoms with Crippen LogP contribution in [0.15, 0.2) is 17.3 Å². The van der Waals surface area contributed by atoms with Gasteiger partial charge in [0.1, 0.15) is 0 Å². The monoisotopic (exact) mass is 186 g/mol. The highest BCUT2D eigenvalue weighted by atomic mass is 19.3. The topological polar surface area (TPSA) is 24.4 Å².